The van der Waals surface area contributed by atoms with Gasteiger partial charge in [-0.25, -0.2) is 0 Å². The Kier molecular flexibility index (Phi) is 2.99. The number of hydrogen-bond donors (Lipinski definition) is 1. The quantitative estimate of drug-likeness (QED) is 0.623. The van der Waals surface area contributed by atoms with Crippen LogP contribution in [0.25, 0.3) is 5.57 Å². The molecule has 0 unspecified atom stereocenters. The summed E-state index contributed by atoms with van der Waals surface area (Å²) in [5.41, 5.74) is 3.87. The Morgan fingerprint density at radius 3 is 2.25 bits per heavy atom. The van der Waals surface area contributed by atoms with E-state index in [4.69, 9.17) is 0 Å². The maximum absolute atomic E-state index is 4.33. The Hall–Kier alpha value is -0.690. The van der Waals surface area contributed by atoms with Crippen LogP contribution >= 0.6 is 12.6 Å². The number of rotatable bonds is 1. The van der Waals surface area contributed by atoms with Gasteiger partial charge in [0.25, 0.3) is 0 Å². The molecule has 0 fully saturated rings. The highest BCUT2D eigenvalue weighted by molar-refractivity contribution is 7.84. The molecule has 0 spiro atoms. The average molecular weight is 178 g/mol. The fourth-order valence-electron chi connectivity index (χ4n) is 1.19. The van der Waals surface area contributed by atoms with Crippen molar-refractivity contribution >= 4 is 18.2 Å². The van der Waals surface area contributed by atoms with Crippen LogP contribution in [0.15, 0.2) is 29.2 Å². The monoisotopic (exact) mass is 178 g/mol. The Bertz CT molecular complexity index is 307. The van der Waals surface area contributed by atoms with Gasteiger partial charge in [-0.3, -0.25) is 0 Å². The molecule has 1 heteroatoms. The first-order valence-corrected chi connectivity index (χ1v) is 4.50. The van der Waals surface area contributed by atoms with E-state index in [1.165, 1.54) is 16.7 Å². The molecule has 0 aliphatic heterocycles. The van der Waals surface area contributed by atoms with Crippen molar-refractivity contribution in [3.8, 4) is 0 Å². The van der Waals surface area contributed by atoms with Crippen molar-refractivity contribution in [2.75, 3.05) is 0 Å². The SMILES string of the molecule is C/C(S)=C(\C)c1ccccc1C. The summed E-state index contributed by atoms with van der Waals surface area (Å²) in [6.07, 6.45) is 0. The Balaban J connectivity index is 3.21. The number of allylic oxidation sites excluding steroid dienone is 2. The van der Waals surface area contributed by atoms with E-state index in [2.05, 4.69) is 50.7 Å². The van der Waals surface area contributed by atoms with E-state index in [9.17, 15) is 0 Å². The molecular weight excluding hydrogens is 164 g/mol. The maximum Gasteiger partial charge on any atom is -0.0180 e. The van der Waals surface area contributed by atoms with Crippen LogP contribution in [0.4, 0.5) is 0 Å². The van der Waals surface area contributed by atoms with Crippen molar-refractivity contribution < 1.29 is 0 Å². The molecule has 0 aliphatic rings. The first-order chi connectivity index (χ1) is 5.63. The molecule has 64 valence electrons. The van der Waals surface area contributed by atoms with Crippen LogP contribution in [0.3, 0.4) is 0 Å². The van der Waals surface area contributed by atoms with Crippen molar-refractivity contribution in [3.63, 3.8) is 0 Å². The van der Waals surface area contributed by atoms with E-state index in [1.807, 2.05) is 6.92 Å². The number of thiol groups is 1. The predicted molar refractivity (Wildman–Crippen MR) is 58.4 cm³/mol. The van der Waals surface area contributed by atoms with Gasteiger partial charge in [0.15, 0.2) is 0 Å². The second kappa shape index (κ2) is 3.81. The summed E-state index contributed by atoms with van der Waals surface area (Å²) in [5.74, 6) is 0. The van der Waals surface area contributed by atoms with Gasteiger partial charge in [0, 0.05) is 0 Å². The molecule has 0 amide bonds. The number of benzene rings is 1. The van der Waals surface area contributed by atoms with Crippen molar-refractivity contribution in [3.05, 3.63) is 40.3 Å². The van der Waals surface area contributed by atoms with Crippen LogP contribution in [0.1, 0.15) is 25.0 Å². The van der Waals surface area contributed by atoms with Crippen LogP contribution in [0.2, 0.25) is 0 Å². The predicted octanol–water partition coefficient (Wildman–Crippen LogP) is 3.68. The number of aryl methyl sites for hydroxylation is 1. The summed E-state index contributed by atoms with van der Waals surface area (Å²) in [6, 6.07) is 8.36. The lowest BCUT2D eigenvalue weighted by Gasteiger charge is -2.06. The zero-order chi connectivity index (χ0) is 9.14. The Morgan fingerprint density at radius 2 is 1.75 bits per heavy atom. The summed E-state index contributed by atoms with van der Waals surface area (Å²) in [6.45, 7) is 6.24. The summed E-state index contributed by atoms with van der Waals surface area (Å²) < 4.78 is 0. The van der Waals surface area contributed by atoms with Crippen LogP contribution in [-0.2, 0) is 0 Å². The first kappa shape index (κ1) is 9.40. The molecular formula is C11H14S. The van der Waals surface area contributed by atoms with Crippen molar-refractivity contribution in [2.45, 2.75) is 20.8 Å². The van der Waals surface area contributed by atoms with Crippen molar-refractivity contribution in [1.29, 1.82) is 0 Å². The minimum atomic E-state index is 1.09. The lowest BCUT2D eigenvalue weighted by atomic mass is 10.0. The molecule has 0 aliphatic carbocycles. The molecule has 1 aromatic carbocycles. The van der Waals surface area contributed by atoms with Crippen LogP contribution in [0, 0.1) is 6.92 Å². The topological polar surface area (TPSA) is 0 Å². The molecule has 0 nitrogen and oxygen atoms in total. The van der Waals surface area contributed by atoms with E-state index in [0.29, 0.717) is 0 Å². The first-order valence-electron chi connectivity index (χ1n) is 4.05. The van der Waals surface area contributed by atoms with Gasteiger partial charge in [-0.15, -0.1) is 12.6 Å². The third kappa shape index (κ3) is 1.92. The number of hydrogen-bond acceptors (Lipinski definition) is 1. The van der Waals surface area contributed by atoms with Gasteiger partial charge in [0.05, 0.1) is 0 Å². The highest BCUT2D eigenvalue weighted by Gasteiger charge is 1.99. The summed E-state index contributed by atoms with van der Waals surface area (Å²) in [4.78, 5) is 1.09. The molecule has 1 aromatic rings. The molecule has 0 bridgehead atoms. The van der Waals surface area contributed by atoms with E-state index < -0.39 is 0 Å². The minimum Gasteiger partial charge on any atom is -0.148 e. The van der Waals surface area contributed by atoms with Crippen molar-refractivity contribution in [1.82, 2.24) is 0 Å². The van der Waals surface area contributed by atoms with Gasteiger partial charge in [-0.2, -0.15) is 0 Å². The fraction of sp³-hybridized carbons (Fsp3) is 0.273. The second-order valence-corrected chi connectivity index (χ2v) is 3.70. The Morgan fingerprint density at radius 1 is 1.17 bits per heavy atom. The lowest BCUT2D eigenvalue weighted by molar-refractivity contribution is 1.40. The minimum absolute atomic E-state index is 1.09. The van der Waals surface area contributed by atoms with E-state index in [0.717, 1.165) is 4.91 Å². The van der Waals surface area contributed by atoms with E-state index >= 15 is 0 Å². The summed E-state index contributed by atoms with van der Waals surface area (Å²) in [5, 5.41) is 0. The van der Waals surface area contributed by atoms with Gasteiger partial charge in [-0.05, 0) is 42.4 Å². The molecule has 12 heavy (non-hydrogen) atoms. The van der Waals surface area contributed by atoms with Gasteiger partial charge in [0.1, 0.15) is 0 Å². The molecule has 0 aromatic heterocycles. The van der Waals surface area contributed by atoms with E-state index in [1.54, 1.807) is 0 Å². The zero-order valence-electron chi connectivity index (χ0n) is 7.76. The third-order valence-corrected chi connectivity index (χ3v) is 2.43. The highest BCUT2D eigenvalue weighted by Crippen LogP contribution is 2.22. The van der Waals surface area contributed by atoms with Crippen LogP contribution in [-0.4, -0.2) is 0 Å². The van der Waals surface area contributed by atoms with Crippen LogP contribution in [0.5, 0.6) is 0 Å². The third-order valence-electron chi connectivity index (χ3n) is 2.09. The van der Waals surface area contributed by atoms with Crippen LogP contribution < -0.4 is 0 Å². The summed E-state index contributed by atoms with van der Waals surface area (Å²) >= 11 is 4.33. The van der Waals surface area contributed by atoms with Gasteiger partial charge in [0.2, 0.25) is 0 Å². The zero-order valence-corrected chi connectivity index (χ0v) is 8.65. The smallest absolute Gasteiger partial charge is 0.0180 e. The molecule has 0 atom stereocenters. The van der Waals surface area contributed by atoms with Crippen molar-refractivity contribution in [2.24, 2.45) is 0 Å². The summed E-state index contributed by atoms with van der Waals surface area (Å²) in [7, 11) is 0. The molecule has 1 rings (SSSR count). The van der Waals surface area contributed by atoms with Gasteiger partial charge >= 0.3 is 0 Å². The molecule has 0 heterocycles. The second-order valence-electron chi connectivity index (χ2n) is 3.03. The van der Waals surface area contributed by atoms with Gasteiger partial charge < -0.3 is 0 Å². The molecule has 0 radical (unpaired) electrons. The standard InChI is InChI=1S/C11H14S/c1-8-6-4-5-7-11(8)9(2)10(3)12/h4-7,12H,1-3H3/b10-9-. The fourth-order valence-corrected chi connectivity index (χ4v) is 1.31. The van der Waals surface area contributed by atoms with E-state index in [-0.39, 0.29) is 0 Å². The largest absolute Gasteiger partial charge is 0.148 e. The maximum atomic E-state index is 4.33. The normalized spacial score (nSPS) is 12.7. The molecule has 0 saturated heterocycles. The average Bonchev–Trinajstić information content (AvgIpc) is 2.04. The highest BCUT2D eigenvalue weighted by atomic mass is 32.1. The molecule has 0 N–H and O–H groups in total. The molecule has 0 saturated carbocycles. The van der Waals surface area contributed by atoms with Gasteiger partial charge in [-0.1, -0.05) is 24.3 Å². The lowest BCUT2D eigenvalue weighted by Crippen LogP contribution is -1.85. The Labute approximate surface area is 79.7 Å².